The van der Waals surface area contributed by atoms with Crippen molar-refractivity contribution in [2.75, 3.05) is 12.4 Å². The fourth-order valence-electron chi connectivity index (χ4n) is 3.76. The molecule has 5 aromatic rings. The zero-order valence-corrected chi connectivity index (χ0v) is 20.2. The number of anilines is 2. The Morgan fingerprint density at radius 2 is 1.87 bits per heavy atom. The van der Waals surface area contributed by atoms with E-state index in [9.17, 15) is 22.8 Å². The van der Waals surface area contributed by atoms with E-state index in [-0.39, 0.29) is 11.5 Å². The van der Waals surface area contributed by atoms with Crippen LogP contribution in [0.4, 0.5) is 29.1 Å². The lowest BCUT2D eigenvalue weighted by Gasteiger charge is -2.13. The van der Waals surface area contributed by atoms with E-state index in [0.29, 0.717) is 28.3 Å². The molecule has 0 unspecified atom stereocenters. The summed E-state index contributed by atoms with van der Waals surface area (Å²) in [4.78, 5) is 8.65. The van der Waals surface area contributed by atoms with E-state index in [2.05, 4.69) is 35.3 Å². The van der Waals surface area contributed by atoms with Gasteiger partial charge in [-0.2, -0.15) is 19.1 Å². The van der Waals surface area contributed by atoms with Gasteiger partial charge in [0.15, 0.2) is 11.6 Å². The summed E-state index contributed by atoms with van der Waals surface area (Å²) in [5, 5.41) is 24.4. The Kier molecular flexibility index (Phi) is 6.67. The Hall–Kier alpha value is -5.26. The van der Waals surface area contributed by atoms with Crippen LogP contribution in [0.1, 0.15) is 23.4 Å². The quantitative estimate of drug-likeness (QED) is 0.275. The molecule has 0 radical (unpaired) electrons. The number of aryl methyl sites for hydroxylation is 1. The highest BCUT2D eigenvalue weighted by Crippen LogP contribution is 2.34. The second kappa shape index (κ2) is 10.2. The molecule has 1 aromatic carbocycles. The number of rotatable bonds is 8. The van der Waals surface area contributed by atoms with Gasteiger partial charge in [0.2, 0.25) is 5.88 Å². The van der Waals surface area contributed by atoms with Crippen LogP contribution in [0.25, 0.3) is 22.7 Å². The first-order chi connectivity index (χ1) is 18.8. The fraction of sp³-hybridized carbons (Fsp3) is 0.167. The molecule has 0 fully saturated rings. The fourth-order valence-corrected chi connectivity index (χ4v) is 3.76. The Morgan fingerprint density at radius 3 is 2.54 bits per heavy atom. The Labute approximate surface area is 217 Å². The summed E-state index contributed by atoms with van der Waals surface area (Å²) in [6, 6.07) is 12.0. The molecule has 5 rings (SSSR count). The molecule has 4 aromatic heterocycles. The van der Waals surface area contributed by atoms with Crippen molar-refractivity contribution >= 4 is 22.5 Å². The number of ether oxygens (including phenoxy) is 2. The van der Waals surface area contributed by atoms with Gasteiger partial charge < -0.3 is 14.8 Å². The summed E-state index contributed by atoms with van der Waals surface area (Å²) in [5.41, 5.74) is 1.36. The molecule has 0 saturated heterocycles. The molecular formula is C24H17F4N9O2. The third kappa shape index (κ3) is 4.99. The van der Waals surface area contributed by atoms with Gasteiger partial charge in [0, 0.05) is 12.1 Å². The molecule has 1 N–H and O–H groups in total. The first-order valence-corrected chi connectivity index (χ1v) is 11.1. The van der Waals surface area contributed by atoms with Crippen LogP contribution in [0.15, 0.2) is 48.8 Å². The molecule has 0 amide bonds. The smallest absolute Gasteiger partial charge is 0.388 e. The number of hydrogen-bond acceptors (Lipinski definition) is 9. The molecule has 198 valence electrons. The van der Waals surface area contributed by atoms with E-state index >= 15 is 0 Å². The number of imidazole rings is 1. The summed E-state index contributed by atoms with van der Waals surface area (Å²) < 4.78 is 65.1. The summed E-state index contributed by atoms with van der Waals surface area (Å²) in [5.74, 6) is -0.0103. The normalized spacial score (nSPS) is 11.3. The van der Waals surface area contributed by atoms with Crippen LogP contribution in [0, 0.1) is 18.3 Å². The topological polar surface area (TPSA) is 129 Å². The highest BCUT2D eigenvalue weighted by molar-refractivity contribution is 5.86. The van der Waals surface area contributed by atoms with E-state index in [1.807, 2.05) is 0 Å². The number of pyridine rings is 1. The van der Waals surface area contributed by atoms with Gasteiger partial charge >= 0.3 is 6.61 Å². The second-order valence-electron chi connectivity index (χ2n) is 7.99. The van der Waals surface area contributed by atoms with E-state index in [1.165, 1.54) is 24.1 Å². The maximum Gasteiger partial charge on any atom is 0.388 e. The lowest BCUT2D eigenvalue weighted by Crippen LogP contribution is -2.10. The van der Waals surface area contributed by atoms with E-state index < -0.39 is 30.3 Å². The van der Waals surface area contributed by atoms with Gasteiger partial charge in [-0.1, -0.05) is 0 Å². The van der Waals surface area contributed by atoms with Crippen LogP contribution in [0.5, 0.6) is 11.6 Å². The molecule has 4 heterocycles. The van der Waals surface area contributed by atoms with Crippen molar-refractivity contribution in [3.63, 3.8) is 0 Å². The largest absolute Gasteiger partial charge is 0.494 e. The van der Waals surface area contributed by atoms with Crippen LogP contribution in [0.3, 0.4) is 0 Å². The van der Waals surface area contributed by atoms with Crippen molar-refractivity contribution in [1.29, 1.82) is 5.26 Å². The summed E-state index contributed by atoms with van der Waals surface area (Å²) in [7, 11) is 1.49. The van der Waals surface area contributed by atoms with Gasteiger partial charge in [-0.15, -0.1) is 10.2 Å². The SMILES string of the molecule is COc1cc2ncn(-c3ccc(C(F)F)c(-n4nc(OC(F)F)cc4C#N)n3)c2cc1Nc1ccc(C)nn1. The van der Waals surface area contributed by atoms with Crippen LogP contribution in [-0.2, 0) is 0 Å². The molecule has 0 atom stereocenters. The zero-order valence-electron chi connectivity index (χ0n) is 20.2. The molecule has 0 aliphatic heterocycles. The van der Waals surface area contributed by atoms with Gasteiger partial charge in [-0.05, 0) is 37.3 Å². The Balaban J connectivity index is 1.63. The highest BCUT2D eigenvalue weighted by atomic mass is 19.3. The van der Waals surface area contributed by atoms with Gasteiger partial charge in [-0.3, -0.25) is 4.57 Å². The number of hydrogen-bond donors (Lipinski definition) is 1. The van der Waals surface area contributed by atoms with Crippen LogP contribution in [-0.4, -0.2) is 48.2 Å². The first kappa shape index (κ1) is 25.4. The Morgan fingerprint density at radius 1 is 1.05 bits per heavy atom. The number of benzene rings is 1. The average molecular weight is 539 g/mol. The molecule has 0 bridgehead atoms. The van der Waals surface area contributed by atoms with E-state index in [0.717, 1.165) is 22.5 Å². The summed E-state index contributed by atoms with van der Waals surface area (Å²) in [6.07, 6.45) is -1.58. The molecule has 0 aliphatic rings. The van der Waals surface area contributed by atoms with Crippen molar-refractivity contribution in [3.05, 3.63) is 65.7 Å². The lowest BCUT2D eigenvalue weighted by molar-refractivity contribution is -0.0530. The van der Waals surface area contributed by atoms with Crippen molar-refractivity contribution in [2.45, 2.75) is 20.0 Å². The number of fused-ring (bicyclic) bond motifs is 1. The zero-order chi connectivity index (χ0) is 27.7. The van der Waals surface area contributed by atoms with Crippen molar-refractivity contribution in [1.82, 2.24) is 34.5 Å². The highest BCUT2D eigenvalue weighted by Gasteiger charge is 2.23. The van der Waals surface area contributed by atoms with Crippen molar-refractivity contribution < 1.29 is 27.0 Å². The van der Waals surface area contributed by atoms with Gasteiger partial charge in [0.1, 0.15) is 29.7 Å². The number of nitriles is 1. The Bertz CT molecular complexity index is 1690. The standard InChI is InChI=1S/C24H17F4N9O2/c1-12-3-5-19(34-33-12)31-16-8-17-15(9-18(16)38-2)30-11-36(17)20-6-4-14(22(25)26)23(32-20)37-13(10-29)7-21(35-37)39-24(27)28/h3-9,11,22,24H,1-2H3,(H,31,34). The van der Waals surface area contributed by atoms with Crippen LogP contribution >= 0.6 is 0 Å². The molecule has 0 spiro atoms. The number of aromatic nitrogens is 7. The number of nitrogens with zero attached hydrogens (tertiary/aromatic N) is 8. The predicted molar refractivity (Wildman–Crippen MR) is 129 cm³/mol. The average Bonchev–Trinajstić information content (AvgIpc) is 3.52. The number of methoxy groups -OCH3 is 1. The minimum absolute atomic E-state index is 0.138. The second-order valence-corrected chi connectivity index (χ2v) is 7.99. The molecular weight excluding hydrogens is 522 g/mol. The van der Waals surface area contributed by atoms with Crippen LogP contribution < -0.4 is 14.8 Å². The van der Waals surface area contributed by atoms with E-state index in [4.69, 9.17) is 4.74 Å². The monoisotopic (exact) mass is 539 g/mol. The molecule has 39 heavy (non-hydrogen) atoms. The molecule has 0 saturated carbocycles. The van der Waals surface area contributed by atoms with Crippen molar-refractivity contribution in [2.24, 2.45) is 0 Å². The van der Waals surface area contributed by atoms with Gasteiger partial charge in [0.25, 0.3) is 6.43 Å². The van der Waals surface area contributed by atoms with Crippen molar-refractivity contribution in [3.8, 4) is 29.3 Å². The maximum absolute atomic E-state index is 13.9. The molecule has 15 heteroatoms. The molecule has 11 nitrogen and oxygen atoms in total. The minimum Gasteiger partial charge on any atom is -0.494 e. The minimum atomic E-state index is -3.23. The first-order valence-electron chi connectivity index (χ1n) is 11.1. The predicted octanol–water partition coefficient (Wildman–Crippen LogP) is 4.87. The maximum atomic E-state index is 13.9. The van der Waals surface area contributed by atoms with E-state index in [1.54, 1.807) is 37.3 Å². The third-order valence-electron chi connectivity index (χ3n) is 5.51. The number of halogens is 4. The lowest BCUT2D eigenvalue weighted by atomic mass is 10.2. The number of alkyl halides is 4. The summed E-state index contributed by atoms with van der Waals surface area (Å²) in [6.45, 7) is -1.42. The van der Waals surface area contributed by atoms with Crippen LogP contribution in [0.2, 0.25) is 0 Å². The third-order valence-corrected chi connectivity index (χ3v) is 5.51. The van der Waals surface area contributed by atoms with Gasteiger partial charge in [-0.25, -0.2) is 23.4 Å². The number of nitrogens with one attached hydrogen (secondary N) is 1. The van der Waals surface area contributed by atoms with Gasteiger partial charge in [0.05, 0.1) is 35.1 Å². The summed E-state index contributed by atoms with van der Waals surface area (Å²) >= 11 is 0. The molecule has 0 aliphatic carbocycles.